The van der Waals surface area contributed by atoms with E-state index in [1.807, 2.05) is 6.92 Å². The molecule has 1 heterocycles. The number of rotatable bonds is 6. The number of ether oxygens (including phenoxy) is 1. The van der Waals surface area contributed by atoms with Crippen LogP contribution in [-0.4, -0.2) is 41.1 Å². The topological polar surface area (TPSA) is 55.6 Å². The van der Waals surface area contributed by atoms with Gasteiger partial charge in [-0.15, -0.1) is 0 Å². The Morgan fingerprint density at radius 3 is 2.82 bits per heavy atom. The van der Waals surface area contributed by atoms with Gasteiger partial charge in [0, 0.05) is 0 Å². The van der Waals surface area contributed by atoms with Crippen LogP contribution in [0.1, 0.15) is 39.5 Å². The largest absolute Gasteiger partial charge is 0.465 e. The van der Waals surface area contributed by atoms with Crippen LogP contribution >= 0.6 is 12.2 Å². The molecule has 0 saturated carbocycles. The average Bonchev–Trinajstić information content (AvgIpc) is 2.74. The molecule has 1 rings (SSSR count). The number of likely N-dealkylation sites (tertiary alicyclic amines) is 1. The molecule has 0 spiro atoms. The zero-order valence-corrected chi connectivity index (χ0v) is 11.5. The lowest BCUT2D eigenvalue weighted by Gasteiger charge is -2.30. The van der Waals surface area contributed by atoms with E-state index in [4.69, 9.17) is 22.7 Å². The standard InChI is InChI=1S/C12H22N2O2S/c1-3-6-10(12(15)16-4-2)14-8-5-7-9(14)11(13)17/h9-10H,3-8H2,1-2H3,(H2,13,17). The van der Waals surface area contributed by atoms with Crippen LogP contribution in [0, 0.1) is 0 Å². The third-order valence-corrected chi connectivity index (χ3v) is 3.42. The van der Waals surface area contributed by atoms with E-state index in [1.165, 1.54) is 0 Å². The summed E-state index contributed by atoms with van der Waals surface area (Å²) in [5.41, 5.74) is 5.73. The van der Waals surface area contributed by atoms with Crippen molar-refractivity contribution in [1.82, 2.24) is 4.90 Å². The molecule has 0 bridgehead atoms. The van der Waals surface area contributed by atoms with Crippen LogP contribution in [0.25, 0.3) is 0 Å². The molecular weight excluding hydrogens is 236 g/mol. The van der Waals surface area contributed by atoms with Crippen molar-refractivity contribution >= 4 is 23.2 Å². The lowest BCUT2D eigenvalue weighted by atomic mass is 10.1. The summed E-state index contributed by atoms with van der Waals surface area (Å²) in [6.45, 7) is 5.20. The minimum atomic E-state index is -0.186. The number of carbonyl (C=O) groups excluding carboxylic acids is 1. The van der Waals surface area contributed by atoms with Crippen LogP contribution in [0.3, 0.4) is 0 Å². The summed E-state index contributed by atoms with van der Waals surface area (Å²) >= 11 is 5.07. The average molecular weight is 258 g/mol. The van der Waals surface area contributed by atoms with Crippen LogP contribution in [0.15, 0.2) is 0 Å². The highest BCUT2D eigenvalue weighted by Gasteiger charge is 2.36. The smallest absolute Gasteiger partial charge is 0.323 e. The maximum atomic E-state index is 11.9. The predicted octanol–water partition coefficient (Wildman–Crippen LogP) is 1.47. The molecule has 1 saturated heterocycles. The second-order valence-electron chi connectivity index (χ2n) is 4.35. The van der Waals surface area contributed by atoms with E-state index >= 15 is 0 Å². The van der Waals surface area contributed by atoms with Crippen LogP contribution in [0.2, 0.25) is 0 Å². The van der Waals surface area contributed by atoms with Crippen molar-refractivity contribution in [2.45, 2.75) is 51.6 Å². The lowest BCUT2D eigenvalue weighted by Crippen LogP contribution is -2.49. The molecule has 1 aliphatic heterocycles. The molecule has 0 aromatic carbocycles. The Morgan fingerprint density at radius 2 is 2.29 bits per heavy atom. The first kappa shape index (κ1) is 14.4. The maximum Gasteiger partial charge on any atom is 0.323 e. The third-order valence-electron chi connectivity index (χ3n) is 3.14. The molecule has 1 fully saturated rings. The van der Waals surface area contributed by atoms with Gasteiger partial charge in [-0.25, -0.2) is 0 Å². The Kier molecular flexibility index (Phi) is 5.85. The molecule has 0 aromatic heterocycles. The molecule has 1 aliphatic rings. The van der Waals surface area contributed by atoms with Gasteiger partial charge in [0.2, 0.25) is 0 Å². The number of thiocarbonyl (C=S) groups is 1. The highest BCUT2D eigenvalue weighted by molar-refractivity contribution is 7.80. The number of hydrogen-bond donors (Lipinski definition) is 1. The molecule has 2 atom stereocenters. The van der Waals surface area contributed by atoms with Gasteiger partial charge in [0.05, 0.1) is 17.6 Å². The summed E-state index contributed by atoms with van der Waals surface area (Å²) in [7, 11) is 0. The van der Waals surface area contributed by atoms with Gasteiger partial charge in [0.15, 0.2) is 0 Å². The lowest BCUT2D eigenvalue weighted by molar-refractivity contribution is -0.149. The molecule has 2 unspecified atom stereocenters. The maximum absolute atomic E-state index is 11.9. The number of esters is 1. The van der Waals surface area contributed by atoms with E-state index in [2.05, 4.69) is 11.8 Å². The van der Waals surface area contributed by atoms with Crippen molar-refractivity contribution in [1.29, 1.82) is 0 Å². The molecule has 0 aromatic rings. The molecule has 5 heteroatoms. The van der Waals surface area contributed by atoms with Gasteiger partial charge < -0.3 is 10.5 Å². The quantitative estimate of drug-likeness (QED) is 0.577. The van der Waals surface area contributed by atoms with Gasteiger partial charge in [-0.2, -0.15) is 0 Å². The van der Waals surface area contributed by atoms with E-state index in [9.17, 15) is 4.79 Å². The van der Waals surface area contributed by atoms with Crippen molar-refractivity contribution in [3.63, 3.8) is 0 Å². The third kappa shape index (κ3) is 3.64. The molecule has 98 valence electrons. The predicted molar refractivity (Wildman–Crippen MR) is 71.8 cm³/mol. The highest BCUT2D eigenvalue weighted by Crippen LogP contribution is 2.23. The summed E-state index contributed by atoms with van der Waals surface area (Å²) in [4.78, 5) is 14.5. The first-order valence-corrected chi connectivity index (χ1v) is 6.74. The Balaban J connectivity index is 2.74. The van der Waals surface area contributed by atoms with Crippen molar-refractivity contribution < 1.29 is 9.53 Å². The van der Waals surface area contributed by atoms with Crippen molar-refractivity contribution in [3.8, 4) is 0 Å². The van der Waals surface area contributed by atoms with Crippen LogP contribution < -0.4 is 5.73 Å². The van der Waals surface area contributed by atoms with Gasteiger partial charge in [-0.3, -0.25) is 9.69 Å². The van der Waals surface area contributed by atoms with E-state index in [-0.39, 0.29) is 18.1 Å². The van der Waals surface area contributed by atoms with Crippen LogP contribution in [0.5, 0.6) is 0 Å². The second-order valence-corrected chi connectivity index (χ2v) is 4.83. The summed E-state index contributed by atoms with van der Waals surface area (Å²) in [5, 5.41) is 0. The SMILES string of the molecule is CCCC(C(=O)OCC)N1CCCC1C(N)=S. The van der Waals surface area contributed by atoms with E-state index in [1.54, 1.807) is 0 Å². The minimum absolute atomic E-state index is 0.0611. The Morgan fingerprint density at radius 1 is 1.59 bits per heavy atom. The fourth-order valence-corrected chi connectivity index (χ4v) is 2.65. The fraction of sp³-hybridized carbons (Fsp3) is 0.833. The number of nitrogens with zero attached hydrogens (tertiary/aromatic N) is 1. The van der Waals surface area contributed by atoms with Crippen molar-refractivity contribution in [2.75, 3.05) is 13.2 Å². The molecule has 4 nitrogen and oxygen atoms in total. The molecule has 0 radical (unpaired) electrons. The Hall–Kier alpha value is -0.680. The summed E-state index contributed by atoms with van der Waals surface area (Å²) in [5.74, 6) is -0.141. The van der Waals surface area contributed by atoms with Crippen molar-refractivity contribution in [2.24, 2.45) is 5.73 Å². The van der Waals surface area contributed by atoms with E-state index in [0.29, 0.717) is 11.6 Å². The monoisotopic (exact) mass is 258 g/mol. The fourth-order valence-electron chi connectivity index (χ4n) is 2.40. The van der Waals surface area contributed by atoms with Gasteiger partial charge in [0.1, 0.15) is 6.04 Å². The van der Waals surface area contributed by atoms with Gasteiger partial charge >= 0.3 is 5.97 Å². The normalized spacial score (nSPS) is 22.4. The second kappa shape index (κ2) is 6.91. The minimum Gasteiger partial charge on any atom is -0.465 e. The molecular formula is C12H22N2O2S. The van der Waals surface area contributed by atoms with Gasteiger partial charge in [-0.1, -0.05) is 25.6 Å². The van der Waals surface area contributed by atoms with E-state index in [0.717, 1.165) is 32.2 Å². The summed E-state index contributed by atoms with van der Waals surface area (Å²) < 4.78 is 5.13. The first-order valence-electron chi connectivity index (χ1n) is 6.33. The number of carbonyl (C=O) groups is 1. The first-order chi connectivity index (χ1) is 8.11. The molecule has 17 heavy (non-hydrogen) atoms. The number of hydrogen-bond acceptors (Lipinski definition) is 4. The Labute approximate surface area is 108 Å². The van der Waals surface area contributed by atoms with Gasteiger partial charge in [-0.05, 0) is 32.7 Å². The van der Waals surface area contributed by atoms with Crippen molar-refractivity contribution in [3.05, 3.63) is 0 Å². The Bertz CT molecular complexity index is 284. The zero-order chi connectivity index (χ0) is 12.8. The number of nitrogens with two attached hydrogens (primary N) is 1. The highest BCUT2D eigenvalue weighted by atomic mass is 32.1. The van der Waals surface area contributed by atoms with E-state index < -0.39 is 0 Å². The van der Waals surface area contributed by atoms with Gasteiger partial charge in [0.25, 0.3) is 0 Å². The van der Waals surface area contributed by atoms with Crippen LogP contribution in [0.4, 0.5) is 0 Å². The van der Waals surface area contributed by atoms with Crippen LogP contribution in [-0.2, 0) is 9.53 Å². The summed E-state index contributed by atoms with van der Waals surface area (Å²) in [6.07, 6.45) is 3.75. The molecule has 0 amide bonds. The molecule has 2 N–H and O–H groups in total. The summed E-state index contributed by atoms with van der Waals surface area (Å²) in [6, 6.07) is -0.125. The molecule has 0 aliphatic carbocycles. The zero-order valence-electron chi connectivity index (χ0n) is 10.6.